The van der Waals surface area contributed by atoms with Crippen molar-refractivity contribution in [3.8, 4) is 113 Å². The van der Waals surface area contributed by atoms with Gasteiger partial charge >= 0.3 is 12.4 Å². The molecule has 16 rings (SSSR count). The molecule has 0 spiro atoms. The second-order valence-electron chi connectivity index (χ2n) is 23.0. The van der Waals surface area contributed by atoms with Crippen molar-refractivity contribution in [1.29, 1.82) is 0 Å². The Balaban J connectivity index is 0.939. The molecule has 0 atom stereocenters. The predicted molar refractivity (Wildman–Crippen MR) is 363 cm³/mol. The minimum absolute atomic E-state index is 0.0510. The molecule has 0 aliphatic carbocycles. The topological polar surface area (TPSA) is 74.3 Å². The van der Waals surface area contributed by atoms with Gasteiger partial charge in [-0.15, -0.1) is 0 Å². The maximum atomic E-state index is 15.2. The molecule has 16 aromatic rings. The summed E-state index contributed by atoms with van der Waals surface area (Å²) < 4.78 is 95.0. The van der Waals surface area contributed by atoms with Crippen LogP contribution in [0.5, 0.6) is 0 Å². The molecule has 0 radical (unpaired) electrons. The maximum absolute atomic E-state index is 15.2. The Morgan fingerprint density at radius 2 is 0.532 bits per heavy atom. The van der Waals surface area contributed by atoms with E-state index in [2.05, 4.69) is 12.1 Å². The molecule has 0 aliphatic heterocycles. The van der Waals surface area contributed by atoms with E-state index in [1.807, 2.05) is 264 Å². The number of fused-ring (bicyclic) bond motifs is 6. The van der Waals surface area contributed by atoms with Crippen LogP contribution in [0.15, 0.2) is 297 Å². The van der Waals surface area contributed by atoms with Gasteiger partial charge in [0.05, 0.1) is 90.6 Å². The number of alkyl halides is 6. The van der Waals surface area contributed by atoms with Gasteiger partial charge in [0, 0.05) is 71.6 Å². The molecule has 9 aromatic carbocycles. The Hall–Kier alpha value is -12.1. The summed E-state index contributed by atoms with van der Waals surface area (Å²) in [4.78, 5) is 25.7. The number of pyridine rings is 5. The second kappa shape index (κ2) is 23.0. The highest BCUT2D eigenvalue weighted by atomic mass is 19.4. The van der Waals surface area contributed by atoms with Crippen molar-refractivity contribution in [3.05, 3.63) is 309 Å². The molecule has 0 saturated carbocycles. The van der Waals surface area contributed by atoms with Crippen LogP contribution in [0.1, 0.15) is 11.1 Å². The van der Waals surface area contributed by atoms with Crippen LogP contribution in [0.2, 0.25) is 0 Å². The van der Waals surface area contributed by atoms with Gasteiger partial charge in [-0.05, 0) is 127 Å². The van der Waals surface area contributed by atoms with Crippen LogP contribution >= 0.6 is 0 Å². The molecule has 7 heterocycles. The van der Waals surface area contributed by atoms with Crippen molar-refractivity contribution in [3.63, 3.8) is 0 Å². The standard InChI is InChI=1S/C81H49F6N7/c82-80(83,84)59-41-58(42-60(47-59)81(85,86)87)61-48-79(94-76-39-35-56(72-31-15-27-68(91-72)52-21-9-3-10-22-52)45-64(76)65-46-57(36-40-77(65)94)73-32-16-28-69(92-73)53-23-11-4-12-24-53)88-49-78(61)93-74-37-33-54(70-29-13-25-66(89-70)50-17-5-1-6-18-50)43-62(74)63-44-55(34-38-75(63)93)71-30-14-26-67(90-71)51-19-7-2-8-20-51/h1-49H. The lowest BCUT2D eigenvalue weighted by Gasteiger charge is -2.19. The molecule has 0 amide bonds. The monoisotopic (exact) mass is 1230 g/mol. The fraction of sp³-hybridized carbons (Fsp3) is 0.0247. The van der Waals surface area contributed by atoms with Crippen molar-refractivity contribution < 1.29 is 26.3 Å². The first-order chi connectivity index (χ1) is 45.8. The average molecular weight is 1230 g/mol. The van der Waals surface area contributed by atoms with Crippen molar-refractivity contribution in [2.24, 2.45) is 0 Å². The van der Waals surface area contributed by atoms with Crippen LogP contribution in [0.3, 0.4) is 0 Å². The van der Waals surface area contributed by atoms with Gasteiger partial charge in [-0.1, -0.05) is 170 Å². The van der Waals surface area contributed by atoms with Crippen molar-refractivity contribution in [2.75, 3.05) is 0 Å². The number of halogens is 6. The van der Waals surface area contributed by atoms with Crippen LogP contribution in [-0.4, -0.2) is 34.1 Å². The summed E-state index contributed by atoms with van der Waals surface area (Å²) in [5.41, 5.74) is 12.4. The average Bonchev–Trinajstić information content (AvgIpc) is 1.56. The maximum Gasteiger partial charge on any atom is 0.416 e. The first-order valence-electron chi connectivity index (χ1n) is 30.4. The first kappa shape index (κ1) is 57.1. The molecule has 94 heavy (non-hydrogen) atoms. The summed E-state index contributed by atoms with van der Waals surface area (Å²) in [6.45, 7) is 0. The molecule has 0 saturated heterocycles. The van der Waals surface area contributed by atoms with E-state index >= 15 is 26.3 Å². The SMILES string of the molecule is FC(F)(F)c1cc(-c2cc(-n3c4ccc(-c5cccc(-c6ccccc6)n5)cc4c4cc(-c5cccc(-c6ccccc6)n5)ccc43)ncc2-n2c3ccc(-c4cccc(-c5ccccc5)n4)cc3c3cc(-c4cccc(-c5ccccc5)n4)ccc32)cc(C(F)(F)F)c1. The Morgan fingerprint density at radius 3 is 0.830 bits per heavy atom. The molecule has 7 aromatic heterocycles. The lowest BCUT2D eigenvalue weighted by molar-refractivity contribution is -0.143. The van der Waals surface area contributed by atoms with Gasteiger partial charge in [0.1, 0.15) is 5.82 Å². The lowest BCUT2D eigenvalue weighted by atomic mass is 9.98. The Kier molecular flexibility index (Phi) is 14.0. The fourth-order valence-corrected chi connectivity index (χ4v) is 12.7. The highest BCUT2D eigenvalue weighted by Gasteiger charge is 2.38. The molecule has 0 fully saturated rings. The van der Waals surface area contributed by atoms with Crippen LogP contribution in [0, 0.1) is 0 Å². The normalized spacial score (nSPS) is 11.9. The van der Waals surface area contributed by atoms with E-state index in [1.54, 1.807) is 12.3 Å². The summed E-state index contributed by atoms with van der Waals surface area (Å²) in [7, 11) is 0. The van der Waals surface area contributed by atoms with E-state index in [-0.39, 0.29) is 28.7 Å². The van der Waals surface area contributed by atoms with Gasteiger partial charge in [0.2, 0.25) is 0 Å². The van der Waals surface area contributed by atoms with Crippen molar-refractivity contribution in [1.82, 2.24) is 34.1 Å². The van der Waals surface area contributed by atoms with Crippen LogP contribution in [0.25, 0.3) is 156 Å². The highest BCUT2D eigenvalue weighted by Crippen LogP contribution is 2.45. The van der Waals surface area contributed by atoms with Gasteiger partial charge in [-0.3, -0.25) is 4.57 Å². The molecule has 0 aliphatic rings. The van der Waals surface area contributed by atoms with Gasteiger partial charge in [0.15, 0.2) is 0 Å². The number of benzene rings is 9. The summed E-state index contributed by atoms with van der Waals surface area (Å²) in [5, 5.41) is 3.04. The van der Waals surface area contributed by atoms with Crippen LogP contribution in [-0.2, 0) is 12.4 Å². The Bertz CT molecular complexity index is 5280. The molecule has 450 valence electrons. The summed E-state index contributed by atoms with van der Waals surface area (Å²) in [6.07, 6.45) is -8.76. The van der Waals surface area contributed by atoms with Gasteiger partial charge < -0.3 is 4.57 Å². The van der Waals surface area contributed by atoms with Crippen molar-refractivity contribution in [2.45, 2.75) is 12.4 Å². The van der Waals surface area contributed by atoms with Gasteiger partial charge in [-0.25, -0.2) is 24.9 Å². The molecular formula is C81H49F6N7. The largest absolute Gasteiger partial charge is 0.416 e. The van der Waals surface area contributed by atoms with E-state index in [0.717, 1.165) is 101 Å². The third kappa shape index (κ3) is 10.6. The summed E-state index contributed by atoms with van der Waals surface area (Å²) >= 11 is 0. The molecule has 0 unspecified atom stereocenters. The predicted octanol–water partition coefficient (Wildman–Crippen LogP) is 21.9. The molecule has 0 N–H and O–H groups in total. The second-order valence-corrected chi connectivity index (χ2v) is 23.0. The zero-order valence-electron chi connectivity index (χ0n) is 49.7. The van der Waals surface area contributed by atoms with E-state index in [9.17, 15) is 0 Å². The van der Waals surface area contributed by atoms with Crippen molar-refractivity contribution >= 4 is 43.6 Å². The third-order valence-electron chi connectivity index (χ3n) is 17.2. The smallest absolute Gasteiger partial charge is 0.307 e. The fourth-order valence-electron chi connectivity index (χ4n) is 12.7. The minimum atomic E-state index is -5.16. The van der Waals surface area contributed by atoms with E-state index in [0.29, 0.717) is 44.8 Å². The zero-order valence-corrected chi connectivity index (χ0v) is 49.7. The molecule has 0 bridgehead atoms. The van der Waals surface area contributed by atoms with E-state index < -0.39 is 23.5 Å². The summed E-state index contributed by atoms with van der Waals surface area (Å²) in [5.74, 6) is 0.234. The number of rotatable bonds is 11. The molecule has 7 nitrogen and oxygen atoms in total. The summed E-state index contributed by atoms with van der Waals surface area (Å²) in [6, 6.07) is 89.9. The Morgan fingerprint density at radius 1 is 0.245 bits per heavy atom. The molecular weight excluding hydrogens is 1180 g/mol. The minimum Gasteiger partial charge on any atom is -0.307 e. The number of nitrogens with zero attached hydrogens (tertiary/aromatic N) is 7. The number of hydrogen-bond donors (Lipinski definition) is 0. The lowest BCUT2D eigenvalue weighted by Crippen LogP contribution is -2.11. The highest BCUT2D eigenvalue weighted by molar-refractivity contribution is 6.13. The Labute approximate surface area is 534 Å². The zero-order chi connectivity index (χ0) is 63.7. The number of aromatic nitrogens is 7. The first-order valence-corrected chi connectivity index (χ1v) is 30.4. The van der Waals surface area contributed by atoms with Crippen LogP contribution < -0.4 is 0 Å². The third-order valence-corrected chi connectivity index (χ3v) is 17.2. The quantitative estimate of drug-likeness (QED) is 0.121. The van der Waals surface area contributed by atoms with Crippen LogP contribution in [0.4, 0.5) is 26.3 Å². The molecule has 13 heteroatoms. The number of hydrogen-bond acceptors (Lipinski definition) is 5. The van der Waals surface area contributed by atoms with E-state index in [4.69, 9.17) is 24.9 Å². The van der Waals surface area contributed by atoms with E-state index in [1.165, 1.54) is 0 Å². The van der Waals surface area contributed by atoms with Gasteiger partial charge in [0.25, 0.3) is 0 Å². The van der Waals surface area contributed by atoms with Gasteiger partial charge in [-0.2, -0.15) is 26.3 Å².